The topological polar surface area (TPSA) is 83.6 Å². The first-order chi connectivity index (χ1) is 15.3. The van der Waals surface area contributed by atoms with Crippen molar-refractivity contribution in [3.8, 4) is 11.5 Å². The van der Waals surface area contributed by atoms with E-state index in [9.17, 15) is 10.2 Å². The predicted octanol–water partition coefficient (Wildman–Crippen LogP) is 7.42. The molecule has 0 spiro atoms. The third-order valence-corrected chi connectivity index (χ3v) is 4.24. The maximum Gasteiger partial charge on any atom is 0.194 e. The van der Waals surface area contributed by atoms with E-state index >= 15 is 0 Å². The van der Waals surface area contributed by atoms with Crippen molar-refractivity contribution in [1.29, 1.82) is 0 Å². The van der Waals surface area contributed by atoms with Crippen LogP contribution < -0.4 is 0 Å². The number of benzene rings is 3. The van der Waals surface area contributed by atoms with E-state index in [0.717, 1.165) is 23.7 Å². The highest BCUT2D eigenvalue weighted by Crippen LogP contribution is 2.39. The summed E-state index contributed by atoms with van der Waals surface area (Å²) < 4.78 is 0. The molecule has 0 atom stereocenters. The van der Waals surface area contributed by atoms with E-state index in [1.54, 1.807) is 24.3 Å². The summed E-state index contributed by atoms with van der Waals surface area (Å²) in [7, 11) is 0.889. The standard InChI is InChI=1S/C20H18O2.3C2H6.CH3NO2/c1-20(15-5-3-2-4-6-15,16-7-11-18(21)12-8-16)17-9-13-19(22)14-10-17;3*1-2;1-2(3)4/h2-14,21-22H,1H3;3*1-2H3;1H3. The molecule has 2 N–H and O–H groups in total. The summed E-state index contributed by atoms with van der Waals surface area (Å²) in [5.74, 6) is 0.509. The minimum atomic E-state index is -0.500. The van der Waals surface area contributed by atoms with Crippen LogP contribution in [0.1, 0.15) is 65.2 Å². The molecule has 0 fully saturated rings. The Morgan fingerprint density at radius 3 is 1.16 bits per heavy atom. The lowest BCUT2D eigenvalue weighted by atomic mass is 9.71. The zero-order valence-electron chi connectivity index (χ0n) is 20.7. The molecule has 0 aliphatic carbocycles. The van der Waals surface area contributed by atoms with Gasteiger partial charge in [0.25, 0.3) is 0 Å². The largest absolute Gasteiger partial charge is 0.508 e. The number of nitrogens with zero attached hydrogens (tertiary/aromatic N) is 1. The van der Waals surface area contributed by atoms with Crippen molar-refractivity contribution >= 4 is 0 Å². The van der Waals surface area contributed by atoms with Gasteiger partial charge in [0.15, 0.2) is 7.05 Å². The second-order valence-corrected chi connectivity index (χ2v) is 6.02. The molecule has 0 heterocycles. The van der Waals surface area contributed by atoms with Crippen LogP contribution in [0.15, 0.2) is 78.9 Å². The van der Waals surface area contributed by atoms with E-state index in [0.29, 0.717) is 0 Å². The van der Waals surface area contributed by atoms with Crippen molar-refractivity contribution in [3.05, 3.63) is 106 Å². The van der Waals surface area contributed by atoms with Gasteiger partial charge in [-0.3, -0.25) is 10.1 Å². The van der Waals surface area contributed by atoms with E-state index in [4.69, 9.17) is 10.1 Å². The lowest BCUT2D eigenvalue weighted by Crippen LogP contribution is -2.25. The summed E-state index contributed by atoms with van der Waals surface area (Å²) in [6.45, 7) is 14.2. The average Bonchev–Trinajstić information content (AvgIpc) is 2.83. The highest BCUT2D eigenvalue weighted by Gasteiger charge is 2.30. The molecule has 0 saturated heterocycles. The maximum atomic E-state index is 9.57. The lowest BCUT2D eigenvalue weighted by molar-refractivity contribution is -0.445. The second kappa shape index (κ2) is 17.4. The number of phenolic OH excluding ortho intramolecular Hbond substituents is 2. The van der Waals surface area contributed by atoms with Crippen molar-refractivity contribution in [3.63, 3.8) is 0 Å². The van der Waals surface area contributed by atoms with Crippen molar-refractivity contribution < 1.29 is 15.1 Å². The van der Waals surface area contributed by atoms with Crippen LogP contribution in [0.25, 0.3) is 0 Å². The third-order valence-electron chi connectivity index (χ3n) is 4.24. The zero-order valence-corrected chi connectivity index (χ0v) is 20.7. The molecule has 3 aromatic rings. The molecular formula is C27H39NO4. The van der Waals surface area contributed by atoms with Crippen LogP contribution in [0.5, 0.6) is 11.5 Å². The molecule has 5 heteroatoms. The van der Waals surface area contributed by atoms with Crippen LogP contribution in [0.2, 0.25) is 0 Å². The molecule has 32 heavy (non-hydrogen) atoms. The molecule has 0 bridgehead atoms. The fraction of sp³-hybridized carbons (Fsp3) is 0.333. The van der Waals surface area contributed by atoms with E-state index in [2.05, 4.69) is 19.1 Å². The molecule has 0 radical (unpaired) electrons. The highest BCUT2D eigenvalue weighted by atomic mass is 16.6. The highest BCUT2D eigenvalue weighted by molar-refractivity contribution is 5.50. The van der Waals surface area contributed by atoms with Crippen LogP contribution in [-0.2, 0) is 5.41 Å². The molecule has 5 nitrogen and oxygen atoms in total. The van der Waals surface area contributed by atoms with E-state index in [1.165, 1.54) is 0 Å². The molecule has 3 rings (SSSR count). The number of aromatic hydroxyl groups is 2. The van der Waals surface area contributed by atoms with Crippen LogP contribution in [-0.4, -0.2) is 22.2 Å². The SMILES string of the molecule is CC.CC.CC.CC(c1ccccc1)(c1ccc(O)cc1)c1ccc(O)cc1.C[N+](=O)[O-]. The molecule has 3 aromatic carbocycles. The first-order valence-electron chi connectivity index (χ1n) is 11.1. The van der Waals surface area contributed by atoms with Crippen molar-refractivity contribution in [2.75, 3.05) is 7.05 Å². The van der Waals surface area contributed by atoms with Gasteiger partial charge in [-0.15, -0.1) is 0 Å². The third kappa shape index (κ3) is 9.65. The molecule has 0 amide bonds. The monoisotopic (exact) mass is 441 g/mol. The molecule has 0 aliphatic heterocycles. The van der Waals surface area contributed by atoms with E-state index in [1.807, 2.05) is 84.0 Å². The Kier molecular flexibility index (Phi) is 16.7. The Morgan fingerprint density at radius 1 is 0.625 bits per heavy atom. The lowest BCUT2D eigenvalue weighted by Gasteiger charge is -2.32. The van der Waals surface area contributed by atoms with Crippen LogP contribution in [0.3, 0.4) is 0 Å². The maximum absolute atomic E-state index is 9.57. The number of rotatable bonds is 3. The van der Waals surface area contributed by atoms with Gasteiger partial charge in [-0.1, -0.05) is 96.1 Å². The van der Waals surface area contributed by atoms with Gasteiger partial charge in [0.05, 0.1) is 0 Å². The summed E-state index contributed by atoms with van der Waals surface area (Å²) in [6, 6.07) is 24.8. The first kappa shape index (κ1) is 30.9. The second-order valence-electron chi connectivity index (χ2n) is 6.02. The average molecular weight is 442 g/mol. The first-order valence-corrected chi connectivity index (χ1v) is 11.1. The van der Waals surface area contributed by atoms with Gasteiger partial charge in [0.1, 0.15) is 11.5 Å². The number of nitro groups is 1. The van der Waals surface area contributed by atoms with Crippen molar-refractivity contribution in [1.82, 2.24) is 0 Å². The van der Waals surface area contributed by atoms with Crippen molar-refractivity contribution in [2.24, 2.45) is 0 Å². The Bertz CT molecular complexity index is 796. The fourth-order valence-electron chi connectivity index (χ4n) is 2.86. The van der Waals surface area contributed by atoms with Gasteiger partial charge in [0.2, 0.25) is 0 Å². The quantitative estimate of drug-likeness (QED) is 0.251. The number of hydrogen-bond acceptors (Lipinski definition) is 4. The summed E-state index contributed by atoms with van der Waals surface area (Å²) in [5, 5.41) is 27.9. The predicted molar refractivity (Wildman–Crippen MR) is 135 cm³/mol. The molecule has 0 aromatic heterocycles. The van der Waals surface area contributed by atoms with Gasteiger partial charge in [-0.2, -0.15) is 0 Å². The zero-order chi connectivity index (χ0) is 25.2. The van der Waals surface area contributed by atoms with Crippen LogP contribution >= 0.6 is 0 Å². The Labute approximate surface area is 193 Å². The molecule has 176 valence electrons. The van der Waals surface area contributed by atoms with Crippen molar-refractivity contribution in [2.45, 2.75) is 53.9 Å². The summed E-state index contributed by atoms with van der Waals surface area (Å²) >= 11 is 0. The minimum Gasteiger partial charge on any atom is -0.508 e. The van der Waals surface area contributed by atoms with Gasteiger partial charge in [0, 0.05) is 10.3 Å². The summed E-state index contributed by atoms with van der Waals surface area (Å²) in [6.07, 6.45) is 0. The summed E-state index contributed by atoms with van der Waals surface area (Å²) in [5.41, 5.74) is 2.97. The Morgan fingerprint density at radius 2 is 0.875 bits per heavy atom. The van der Waals surface area contributed by atoms with Crippen LogP contribution in [0.4, 0.5) is 0 Å². The fourth-order valence-corrected chi connectivity index (χ4v) is 2.86. The Balaban J connectivity index is 0. The van der Waals surface area contributed by atoms with Gasteiger partial charge in [-0.05, 0) is 47.9 Å². The minimum absolute atomic E-state index is 0.255. The van der Waals surface area contributed by atoms with E-state index in [-0.39, 0.29) is 16.9 Å². The normalized spacial score (nSPS) is 9.12. The molecular weight excluding hydrogens is 402 g/mol. The molecule has 0 aliphatic rings. The van der Waals surface area contributed by atoms with Crippen LogP contribution in [0, 0.1) is 10.1 Å². The molecule has 0 unspecified atom stereocenters. The Hall–Kier alpha value is -3.34. The number of phenols is 2. The molecule has 0 saturated carbocycles. The summed E-state index contributed by atoms with van der Waals surface area (Å²) in [4.78, 5) is 8.31. The number of hydrogen-bond donors (Lipinski definition) is 2. The van der Waals surface area contributed by atoms with Gasteiger partial charge in [-0.25, -0.2) is 0 Å². The van der Waals surface area contributed by atoms with Gasteiger partial charge < -0.3 is 10.2 Å². The van der Waals surface area contributed by atoms with Gasteiger partial charge >= 0.3 is 0 Å². The van der Waals surface area contributed by atoms with E-state index < -0.39 is 4.92 Å². The smallest absolute Gasteiger partial charge is 0.194 e.